The molecule has 1 amide bonds. The molecule has 2 unspecified atom stereocenters. The summed E-state index contributed by atoms with van der Waals surface area (Å²) in [6.45, 7) is 5.03. The molecule has 1 aromatic heterocycles. The van der Waals surface area contributed by atoms with Gasteiger partial charge < -0.3 is 16.4 Å². The van der Waals surface area contributed by atoms with Gasteiger partial charge in [0.2, 0.25) is 0 Å². The second-order valence-corrected chi connectivity index (χ2v) is 6.73. The number of nitrogen functional groups attached to an aromatic ring is 1. The smallest absolute Gasteiger partial charge is 0.265 e. The van der Waals surface area contributed by atoms with Crippen LogP contribution < -0.4 is 16.4 Å². The molecular weight excluding hydrogens is 286 g/mol. The lowest BCUT2D eigenvalue weighted by atomic mass is 9.99. The fourth-order valence-corrected chi connectivity index (χ4v) is 4.23. The molecule has 7 heteroatoms. The normalized spacial score (nSPS) is 25.6. The van der Waals surface area contributed by atoms with Crippen LogP contribution in [0.15, 0.2) is 0 Å². The van der Waals surface area contributed by atoms with Crippen molar-refractivity contribution in [2.75, 3.05) is 30.7 Å². The molecule has 3 heterocycles. The zero-order valence-corrected chi connectivity index (χ0v) is 13.2. The number of anilines is 2. The zero-order valence-electron chi connectivity index (χ0n) is 12.4. The van der Waals surface area contributed by atoms with E-state index in [1.165, 1.54) is 37.1 Å². The van der Waals surface area contributed by atoms with Gasteiger partial charge in [-0.2, -0.15) is 0 Å². The zero-order chi connectivity index (χ0) is 14.8. The summed E-state index contributed by atoms with van der Waals surface area (Å²) < 4.78 is 0. The molecule has 21 heavy (non-hydrogen) atoms. The van der Waals surface area contributed by atoms with E-state index in [9.17, 15) is 4.79 Å². The van der Waals surface area contributed by atoms with Crippen molar-refractivity contribution in [1.82, 2.24) is 15.2 Å². The van der Waals surface area contributed by atoms with Gasteiger partial charge in [-0.15, -0.1) is 0 Å². The number of aromatic nitrogens is 1. The van der Waals surface area contributed by atoms with Crippen LogP contribution in [-0.2, 0) is 0 Å². The molecule has 0 radical (unpaired) electrons. The predicted molar refractivity (Wildman–Crippen MR) is 85.8 cm³/mol. The van der Waals surface area contributed by atoms with Crippen LogP contribution in [0.25, 0.3) is 0 Å². The molecule has 0 spiro atoms. The van der Waals surface area contributed by atoms with Crippen LogP contribution in [-0.4, -0.2) is 47.5 Å². The van der Waals surface area contributed by atoms with E-state index in [0.717, 1.165) is 19.5 Å². The number of nitrogens with two attached hydrogens (primary N) is 1. The Balaban J connectivity index is 1.66. The van der Waals surface area contributed by atoms with E-state index in [2.05, 4.69) is 20.5 Å². The van der Waals surface area contributed by atoms with Gasteiger partial charge in [-0.3, -0.25) is 9.69 Å². The molecule has 2 fully saturated rings. The molecule has 0 bridgehead atoms. The van der Waals surface area contributed by atoms with E-state index in [4.69, 9.17) is 5.73 Å². The minimum Gasteiger partial charge on any atom is -0.382 e. The Morgan fingerprint density at radius 2 is 2.29 bits per heavy atom. The third-order valence-corrected chi connectivity index (χ3v) is 5.39. The van der Waals surface area contributed by atoms with Crippen molar-refractivity contribution in [3.05, 3.63) is 4.88 Å². The number of rotatable bonds is 4. The summed E-state index contributed by atoms with van der Waals surface area (Å²) in [5.74, 6) is 0.249. The van der Waals surface area contributed by atoms with Crippen LogP contribution in [0, 0.1) is 0 Å². The van der Waals surface area contributed by atoms with Crippen molar-refractivity contribution < 1.29 is 4.79 Å². The molecule has 1 aromatic rings. The molecule has 2 aliphatic rings. The van der Waals surface area contributed by atoms with Crippen LogP contribution >= 0.6 is 11.3 Å². The van der Waals surface area contributed by atoms with Crippen molar-refractivity contribution >= 4 is 28.2 Å². The summed E-state index contributed by atoms with van der Waals surface area (Å²) >= 11 is 1.33. The Morgan fingerprint density at radius 3 is 3.10 bits per heavy atom. The van der Waals surface area contributed by atoms with Gasteiger partial charge in [-0.25, -0.2) is 4.98 Å². The first-order valence-corrected chi connectivity index (χ1v) is 8.55. The monoisotopic (exact) mass is 309 g/mol. The molecule has 116 valence electrons. The molecule has 2 atom stereocenters. The highest BCUT2D eigenvalue weighted by atomic mass is 32.1. The van der Waals surface area contributed by atoms with Gasteiger partial charge in [0, 0.05) is 25.2 Å². The molecule has 0 saturated carbocycles. The summed E-state index contributed by atoms with van der Waals surface area (Å²) in [5.41, 5.74) is 5.87. The molecule has 4 N–H and O–H groups in total. The SMILES string of the molecule is CCNc1nc(N)c(C(=O)NC2CCN3CCCCC23)s1. The minimum atomic E-state index is -0.0772. The average molecular weight is 309 g/mol. The number of nitrogens with one attached hydrogen (secondary N) is 2. The Labute approximate surface area is 129 Å². The predicted octanol–water partition coefficient (Wildman–Crippen LogP) is 1.51. The van der Waals surface area contributed by atoms with Crippen molar-refractivity contribution in [1.29, 1.82) is 0 Å². The van der Waals surface area contributed by atoms with E-state index in [1.54, 1.807) is 0 Å². The number of carbonyl (C=O) groups is 1. The lowest BCUT2D eigenvalue weighted by molar-refractivity contribution is 0.0920. The molecule has 6 nitrogen and oxygen atoms in total. The molecule has 3 rings (SSSR count). The number of hydrogen-bond acceptors (Lipinski definition) is 6. The first-order chi connectivity index (χ1) is 10.2. The van der Waals surface area contributed by atoms with Gasteiger partial charge in [-0.1, -0.05) is 17.8 Å². The maximum atomic E-state index is 12.4. The second-order valence-electron chi connectivity index (χ2n) is 5.73. The second kappa shape index (κ2) is 6.19. The van der Waals surface area contributed by atoms with Crippen molar-refractivity contribution in [2.24, 2.45) is 0 Å². The lowest BCUT2D eigenvalue weighted by Crippen LogP contribution is -2.46. The first-order valence-electron chi connectivity index (χ1n) is 7.74. The number of carbonyl (C=O) groups excluding carboxylic acids is 1. The van der Waals surface area contributed by atoms with Crippen molar-refractivity contribution in [3.63, 3.8) is 0 Å². The number of fused-ring (bicyclic) bond motifs is 1. The summed E-state index contributed by atoms with van der Waals surface area (Å²) in [6.07, 6.45) is 4.77. The number of amides is 1. The van der Waals surface area contributed by atoms with E-state index >= 15 is 0 Å². The molecule has 0 aromatic carbocycles. The van der Waals surface area contributed by atoms with Gasteiger partial charge in [0.25, 0.3) is 5.91 Å². The van der Waals surface area contributed by atoms with Gasteiger partial charge in [0.1, 0.15) is 10.7 Å². The number of nitrogens with zero attached hydrogens (tertiary/aromatic N) is 2. The third-order valence-electron chi connectivity index (χ3n) is 4.36. The quantitative estimate of drug-likeness (QED) is 0.785. The largest absolute Gasteiger partial charge is 0.382 e. The van der Waals surface area contributed by atoms with Crippen molar-refractivity contribution in [3.8, 4) is 0 Å². The number of thiazole rings is 1. The Hall–Kier alpha value is -1.34. The van der Waals surface area contributed by atoms with Crippen LogP contribution in [0.4, 0.5) is 10.9 Å². The highest BCUT2D eigenvalue weighted by molar-refractivity contribution is 7.18. The Morgan fingerprint density at radius 1 is 1.43 bits per heavy atom. The van der Waals surface area contributed by atoms with E-state index in [-0.39, 0.29) is 11.9 Å². The highest BCUT2D eigenvalue weighted by Gasteiger charge is 2.36. The molecule has 2 aliphatic heterocycles. The number of piperidine rings is 1. The van der Waals surface area contributed by atoms with Crippen LogP contribution in [0.1, 0.15) is 42.3 Å². The maximum absolute atomic E-state index is 12.4. The topological polar surface area (TPSA) is 83.3 Å². The van der Waals surface area contributed by atoms with E-state index in [1.807, 2.05) is 6.92 Å². The summed E-state index contributed by atoms with van der Waals surface area (Å²) in [5, 5.41) is 6.99. The van der Waals surface area contributed by atoms with Gasteiger partial charge in [-0.05, 0) is 32.7 Å². The van der Waals surface area contributed by atoms with Crippen molar-refractivity contribution in [2.45, 2.75) is 44.7 Å². The van der Waals surface area contributed by atoms with Crippen LogP contribution in [0.2, 0.25) is 0 Å². The third kappa shape index (κ3) is 2.98. The molecular formula is C14H23N5OS. The standard InChI is InChI=1S/C14H23N5OS/c1-2-16-14-18-12(15)11(21-14)13(20)17-9-6-8-19-7-4-3-5-10(9)19/h9-10H,2-8,15H2,1H3,(H,16,18)(H,17,20). The Bertz CT molecular complexity index is 517. The van der Waals surface area contributed by atoms with Crippen LogP contribution in [0.3, 0.4) is 0 Å². The summed E-state index contributed by atoms with van der Waals surface area (Å²) in [7, 11) is 0. The lowest BCUT2D eigenvalue weighted by Gasteiger charge is -2.32. The number of hydrogen-bond donors (Lipinski definition) is 3. The summed E-state index contributed by atoms with van der Waals surface area (Å²) in [4.78, 5) is 19.7. The molecule has 2 saturated heterocycles. The van der Waals surface area contributed by atoms with Gasteiger partial charge in [0.05, 0.1) is 0 Å². The average Bonchev–Trinajstić information content (AvgIpc) is 3.04. The summed E-state index contributed by atoms with van der Waals surface area (Å²) in [6, 6.07) is 0.756. The minimum absolute atomic E-state index is 0.0772. The van der Waals surface area contributed by atoms with Crippen LogP contribution in [0.5, 0.6) is 0 Å². The first kappa shape index (κ1) is 14.6. The van der Waals surface area contributed by atoms with Gasteiger partial charge >= 0.3 is 0 Å². The molecule has 0 aliphatic carbocycles. The maximum Gasteiger partial charge on any atom is 0.265 e. The fraction of sp³-hybridized carbons (Fsp3) is 0.714. The Kier molecular flexibility index (Phi) is 4.30. The van der Waals surface area contributed by atoms with E-state index in [0.29, 0.717) is 21.9 Å². The van der Waals surface area contributed by atoms with E-state index < -0.39 is 0 Å². The van der Waals surface area contributed by atoms with Gasteiger partial charge in [0.15, 0.2) is 5.13 Å². The fourth-order valence-electron chi connectivity index (χ4n) is 3.37. The highest BCUT2D eigenvalue weighted by Crippen LogP contribution is 2.29.